The van der Waals surface area contributed by atoms with Crippen LogP contribution >= 0.6 is 0 Å². The third kappa shape index (κ3) is 7.30. The zero-order valence-electron chi connectivity index (χ0n) is 18.9. The quantitative estimate of drug-likeness (QED) is 0.541. The van der Waals surface area contributed by atoms with E-state index in [2.05, 4.69) is 16.0 Å². The molecule has 1 heterocycles. The molecule has 1 aliphatic heterocycles. The summed E-state index contributed by atoms with van der Waals surface area (Å²) in [7, 11) is 0. The molecule has 2 aromatic rings. The van der Waals surface area contributed by atoms with Crippen LogP contribution < -0.4 is 20.9 Å². The van der Waals surface area contributed by atoms with Crippen LogP contribution in [0.3, 0.4) is 0 Å². The summed E-state index contributed by atoms with van der Waals surface area (Å²) in [4.78, 5) is 39.0. The van der Waals surface area contributed by atoms with Crippen LogP contribution in [0.2, 0.25) is 0 Å². The van der Waals surface area contributed by atoms with Crippen molar-refractivity contribution in [1.82, 2.24) is 16.0 Å². The van der Waals surface area contributed by atoms with Gasteiger partial charge in [-0.25, -0.2) is 9.18 Å². The number of hydrogen-bond donors (Lipinski definition) is 3. The first-order valence-corrected chi connectivity index (χ1v) is 11.4. The smallest absolute Gasteiger partial charge is 0.315 e. The summed E-state index contributed by atoms with van der Waals surface area (Å²) >= 11 is 0. The van der Waals surface area contributed by atoms with Crippen LogP contribution in [-0.4, -0.2) is 30.4 Å². The first-order valence-electron chi connectivity index (χ1n) is 11.4. The standard InChI is InChI=1S/C25H31FN4O3/c1-2-6-22(29-25(33)28-16-18-10-12-20(26)13-11-18)24(32)27-17-19-7-5-8-21(15-19)30-14-4-3-9-23(30)31/h5,7-8,10-13,15,22H,2-4,6,9,14,16-17H2,1H3,(H,27,32)(H2,28,29,33). The van der Waals surface area contributed by atoms with Crippen LogP contribution in [0.4, 0.5) is 14.9 Å². The number of anilines is 1. The summed E-state index contributed by atoms with van der Waals surface area (Å²) in [6.45, 7) is 3.18. The first kappa shape index (κ1) is 24.2. The van der Waals surface area contributed by atoms with Gasteiger partial charge in [-0.15, -0.1) is 0 Å². The van der Waals surface area contributed by atoms with Crippen molar-refractivity contribution < 1.29 is 18.8 Å². The molecule has 1 aliphatic rings. The number of nitrogens with zero attached hydrogens (tertiary/aromatic N) is 1. The van der Waals surface area contributed by atoms with Gasteiger partial charge in [0.2, 0.25) is 11.8 Å². The zero-order chi connectivity index (χ0) is 23.6. The molecular weight excluding hydrogens is 423 g/mol. The molecule has 3 N–H and O–H groups in total. The average molecular weight is 455 g/mol. The fourth-order valence-corrected chi connectivity index (χ4v) is 3.78. The molecule has 8 heteroatoms. The molecule has 1 atom stereocenters. The van der Waals surface area contributed by atoms with Crippen molar-refractivity contribution in [2.24, 2.45) is 0 Å². The number of hydrogen-bond acceptors (Lipinski definition) is 3. The number of piperidine rings is 1. The molecule has 7 nitrogen and oxygen atoms in total. The van der Waals surface area contributed by atoms with Crippen LogP contribution in [0.1, 0.15) is 50.2 Å². The van der Waals surface area contributed by atoms with Crippen molar-refractivity contribution in [2.45, 2.75) is 58.2 Å². The minimum Gasteiger partial charge on any atom is -0.350 e. The highest BCUT2D eigenvalue weighted by molar-refractivity contribution is 5.94. The third-order valence-electron chi connectivity index (χ3n) is 5.58. The number of rotatable bonds is 9. The van der Waals surface area contributed by atoms with E-state index in [1.807, 2.05) is 31.2 Å². The molecule has 0 aliphatic carbocycles. The predicted molar refractivity (Wildman–Crippen MR) is 125 cm³/mol. The second-order valence-corrected chi connectivity index (χ2v) is 8.18. The number of halogens is 1. The van der Waals surface area contributed by atoms with Gasteiger partial charge in [0.1, 0.15) is 11.9 Å². The van der Waals surface area contributed by atoms with E-state index >= 15 is 0 Å². The molecule has 1 fully saturated rings. The number of carbonyl (C=O) groups excluding carboxylic acids is 3. The second kappa shape index (κ2) is 12.0. The lowest BCUT2D eigenvalue weighted by Crippen LogP contribution is -2.49. The molecule has 1 unspecified atom stereocenters. The number of benzene rings is 2. The Morgan fingerprint density at radius 2 is 1.79 bits per heavy atom. The van der Waals surface area contributed by atoms with Crippen molar-refractivity contribution in [3.05, 3.63) is 65.5 Å². The largest absolute Gasteiger partial charge is 0.350 e. The lowest BCUT2D eigenvalue weighted by Gasteiger charge is -2.27. The minimum atomic E-state index is -0.671. The van der Waals surface area contributed by atoms with Gasteiger partial charge in [0, 0.05) is 31.7 Å². The number of amides is 4. The third-order valence-corrected chi connectivity index (χ3v) is 5.58. The maximum Gasteiger partial charge on any atom is 0.315 e. The highest BCUT2D eigenvalue weighted by atomic mass is 19.1. The summed E-state index contributed by atoms with van der Waals surface area (Å²) in [5, 5.41) is 8.29. The van der Waals surface area contributed by atoms with Gasteiger partial charge in [-0.3, -0.25) is 9.59 Å². The lowest BCUT2D eigenvalue weighted by atomic mass is 10.1. The second-order valence-electron chi connectivity index (χ2n) is 8.18. The van der Waals surface area contributed by atoms with E-state index < -0.39 is 12.1 Å². The van der Waals surface area contributed by atoms with Gasteiger partial charge in [-0.2, -0.15) is 0 Å². The molecular formula is C25H31FN4O3. The molecule has 3 rings (SSSR count). The maximum atomic E-state index is 13.0. The Kier molecular flexibility index (Phi) is 8.80. The molecule has 4 amide bonds. The molecule has 0 saturated carbocycles. The van der Waals surface area contributed by atoms with Crippen LogP contribution in [0.15, 0.2) is 48.5 Å². The van der Waals surface area contributed by atoms with Gasteiger partial charge in [0.15, 0.2) is 0 Å². The normalized spacial score (nSPS) is 14.5. The van der Waals surface area contributed by atoms with Crippen molar-refractivity contribution in [1.29, 1.82) is 0 Å². The summed E-state index contributed by atoms with van der Waals surface area (Å²) in [5.74, 6) is -0.481. The van der Waals surface area contributed by atoms with Crippen molar-refractivity contribution >= 4 is 23.5 Å². The monoisotopic (exact) mass is 454 g/mol. The minimum absolute atomic E-state index is 0.126. The SMILES string of the molecule is CCCC(NC(=O)NCc1ccc(F)cc1)C(=O)NCc1cccc(N2CCCCC2=O)c1. The molecule has 0 spiro atoms. The Balaban J connectivity index is 1.52. The Morgan fingerprint density at radius 1 is 1.03 bits per heavy atom. The maximum absolute atomic E-state index is 13.0. The van der Waals surface area contributed by atoms with E-state index in [1.165, 1.54) is 12.1 Å². The van der Waals surface area contributed by atoms with E-state index in [1.54, 1.807) is 17.0 Å². The topological polar surface area (TPSA) is 90.5 Å². The van der Waals surface area contributed by atoms with Gasteiger partial charge in [-0.05, 0) is 54.7 Å². The number of carbonyl (C=O) groups is 3. The van der Waals surface area contributed by atoms with Crippen LogP contribution in [-0.2, 0) is 22.7 Å². The van der Waals surface area contributed by atoms with E-state index in [0.717, 1.165) is 36.1 Å². The Bertz CT molecular complexity index is 964. The van der Waals surface area contributed by atoms with Crippen molar-refractivity contribution in [2.75, 3.05) is 11.4 Å². The lowest BCUT2D eigenvalue weighted by molar-refractivity contribution is -0.123. The van der Waals surface area contributed by atoms with E-state index in [0.29, 0.717) is 25.9 Å². The molecule has 2 aromatic carbocycles. The summed E-state index contributed by atoms with van der Waals surface area (Å²) in [6, 6.07) is 12.3. The molecule has 33 heavy (non-hydrogen) atoms. The van der Waals surface area contributed by atoms with Crippen LogP contribution in [0.25, 0.3) is 0 Å². The number of nitrogens with one attached hydrogen (secondary N) is 3. The summed E-state index contributed by atoms with van der Waals surface area (Å²) < 4.78 is 13.0. The fourth-order valence-electron chi connectivity index (χ4n) is 3.78. The Morgan fingerprint density at radius 3 is 2.52 bits per heavy atom. The van der Waals surface area contributed by atoms with Gasteiger partial charge in [0.05, 0.1) is 0 Å². The number of urea groups is 1. The van der Waals surface area contributed by atoms with Crippen LogP contribution in [0, 0.1) is 5.82 Å². The summed E-state index contributed by atoms with van der Waals surface area (Å²) in [6.07, 6.45) is 3.70. The van der Waals surface area contributed by atoms with E-state index in [4.69, 9.17) is 0 Å². The van der Waals surface area contributed by atoms with E-state index in [-0.39, 0.29) is 24.2 Å². The molecule has 0 bridgehead atoms. The molecule has 1 saturated heterocycles. The van der Waals surface area contributed by atoms with Crippen LogP contribution in [0.5, 0.6) is 0 Å². The van der Waals surface area contributed by atoms with Crippen molar-refractivity contribution in [3.8, 4) is 0 Å². The highest BCUT2D eigenvalue weighted by Crippen LogP contribution is 2.22. The van der Waals surface area contributed by atoms with Crippen molar-refractivity contribution in [3.63, 3.8) is 0 Å². The average Bonchev–Trinajstić information content (AvgIpc) is 2.82. The Hall–Kier alpha value is -3.42. The molecule has 176 valence electrons. The van der Waals surface area contributed by atoms with E-state index in [9.17, 15) is 18.8 Å². The molecule has 0 aromatic heterocycles. The van der Waals surface area contributed by atoms with Gasteiger partial charge < -0.3 is 20.9 Å². The zero-order valence-corrected chi connectivity index (χ0v) is 18.9. The Labute approximate surface area is 193 Å². The fraction of sp³-hybridized carbons (Fsp3) is 0.400. The summed E-state index contributed by atoms with van der Waals surface area (Å²) in [5.41, 5.74) is 2.49. The van der Waals surface area contributed by atoms with Gasteiger partial charge in [0.25, 0.3) is 0 Å². The first-order chi connectivity index (χ1) is 16.0. The molecule has 0 radical (unpaired) electrons. The van der Waals surface area contributed by atoms with Gasteiger partial charge in [-0.1, -0.05) is 37.6 Å². The highest BCUT2D eigenvalue weighted by Gasteiger charge is 2.21. The van der Waals surface area contributed by atoms with Gasteiger partial charge >= 0.3 is 6.03 Å². The predicted octanol–water partition coefficient (Wildman–Crippen LogP) is 3.63.